The molecule has 0 radical (unpaired) electrons. The molecule has 3 N–H and O–H groups in total. The average molecular weight is 560 g/mol. The van der Waals surface area contributed by atoms with Crippen molar-refractivity contribution in [1.29, 1.82) is 5.26 Å². The monoisotopic (exact) mass is 559 g/mol. The topological polar surface area (TPSA) is 138 Å². The molecule has 3 aromatic carbocycles. The Morgan fingerprint density at radius 1 is 1.00 bits per heavy atom. The molecule has 9 heteroatoms. The van der Waals surface area contributed by atoms with Gasteiger partial charge < -0.3 is 34.3 Å². The van der Waals surface area contributed by atoms with Crippen LogP contribution in [-0.2, 0) is 16.1 Å². The number of carboxylic acid groups (broad SMARTS) is 1. The summed E-state index contributed by atoms with van der Waals surface area (Å²) in [6, 6.07) is 17.2. The van der Waals surface area contributed by atoms with Gasteiger partial charge in [-0.05, 0) is 66.4 Å². The molecular formula is C32H33NO8. The van der Waals surface area contributed by atoms with E-state index in [1.54, 1.807) is 12.1 Å². The highest BCUT2D eigenvalue weighted by molar-refractivity contribution is 5.77. The molecule has 0 amide bonds. The predicted octanol–water partition coefficient (Wildman–Crippen LogP) is 4.26. The van der Waals surface area contributed by atoms with Crippen LogP contribution in [0.5, 0.6) is 17.2 Å². The molecule has 41 heavy (non-hydrogen) atoms. The van der Waals surface area contributed by atoms with Crippen LogP contribution in [0.2, 0.25) is 0 Å². The Labute approximate surface area is 238 Å². The van der Waals surface area contributed by atoms with Crippen molar-refractivity contribution in [2.24, 2.45) is 0 Å². The SMILES string of the molecule is Cc1cc(OC[C@@H]2C[C@H](O)[C@H](O)CO2)cc(C)c1-c1cc(COc2ccc3c(c2)OCC3CC(=O)O)ccc1C#N. The summed E-state index contributed by atoms with van der Waals surface area (Å²) in [6.45, 7) is 4.90. The summed E-state index contributed by atoms with van der Waals surface area (Å²) >= 11 is 0. The lowest BCUT2D eigenvalue weighted by Crippen LogP contribution is -2.43. The number of fused-ring (bicyclic) bond motifs is 1. The Hall–Kier alpha value is -4.10. The number of aliphatic hydroxyl groups is 2. The summed E-state index contributed by atoms with van der Waals surface area (Å²) in [4.78, 5) is 11.1. The molecule has 0 bridgehead atoms. The maximum atomic E-state index is 11.1. The molecule has 1 unspecified atom stereocenters. The summed E-state index contributed by atoms with van der Waals surface area (Å²) < 4.78 is 23.3. The van der Waals surface area contributed by atoms with Crippen molar-refractivity contribution in [2.45, 2.75) is 57.5 Å². The number of aliphatic carboxylic acids is 1. The van der Waals surface area contributed by atoms with Crippen molar-refractivity contribution in [3.63, 3.8) is 0 Å². The minimum absolute atomic E-state index is 0.0250. The quantitative estimate of drug-likeness (QED) is 0.351. The normalized spacial score (nSPS) is 21.4. The van der Waals surface area contributed by atoms with Crippen LogP contribution in [-0.4, -0.2) is 59.4 Å². The van der Waals surface area contributed by atoms with Gasteiger partial charge in [0.15, 0.2) is 0 Å². The first kappa shape index (κ1) is 28.4. The number of carbonyl (C=O) groups is 1. The van der Waals surface area contributed by atoms with Gasteiger partial charge in [0.2, 0.25) is 0 Å². The molecule has 9 nitrogen and oxygen atoms in total. The molecule has 1 saturated heterocycles. The maximum Gasteiger partial charge on any atom is 0.304 e. The van der Waals surface area contributed by atoms with Crippen LogP contribution in [0, 0.1) is 25.2 Å². The number of aliphatic hydroxyl groups excluding tert-OH is 2. The van der Waals surface area contributed by atoms with Gasteiger partial charge in [-0.1, -0.05) is 12.1 Å². The van der Waals surface area contributed by atoms with Crippen LogP contribution in [0.25, 0.3) is 11.1 Å². The third kappa shape index (κ3) is 6.46. The Balaban J connectivity index is 1.29. The Morgan fingerprint density at radius 3 is 2.49 bits per heavy atom. The lowest BCUT2D eigenvalue weighted by Gasteiger charge is -2.30. The van der Waals surface area contributed by atoms with Gasteiger partial charge in [-0.2, -0.15) is 5.26 Å². The van der Waals surface area contributed by atoms with Crippen LogP contribution >= 0.6 is 0 Å². The number of nitriles is 1. The zero-order chi connectivity index (χ0) is 29.1. The molecule has 1 fully saturated rings. The number of hydrogen-bond donors (Lipinski definition) is 3. The van der Waals surface area contributed by atoms with Crippen LogP contribution in [0.15, 0.2) is 48.5 Å². The second-order valence-corrected chi connectivity index (χ2v) is 10.7. The van der Waals surface area contributed by atoms with E-state index >= 15 is 0 Å². The van der Waals surface area contributed by atoms with E-state index in [1.807, 2.05) is 50.2 Å². The lowest BCUT2D eigenvalue weighted by molar-refractivity contribution is -0.137. The van der Waals surface area contributed by atoms with Crippen molar-refractivity contribution < 1.29 is 39.1 Å². The summed E-state index contributed by atoms with van der Waals surface area (Å²) in [5, 5.41) is 38.5. The van der Waals surface area contributed by atoms with Crippen LogP contribution < -0.4 is 14.2 Å². The van der Waals surface area contributed by atoms with Gasteiger partial charge in [0.05, 0.1) is 43.5 Å². The van der Waals surface area contributed by atoms with E-state index in [9.17, 15) is 20.3 Å². The number of carboxylic acids is 1. The van der Waals surface area contributed by atoms with E-state index in [-0.39, 0.29) is 38.3 Å². The maximum absolute atomic E-state index is 11.1. The predicted molar refractivity (Wildman–Crippen MR) is 149 cm³/mol. The first-order valence-corrected chi connectivity index (χ1v) is 13.6. The van der Waals surface area contributed by atoms with Gasteiger partial charge in [-0.15, -0.1) is 0 Å². The summed E-state index contributed by atoms with van der Waals surface area (Å²) in [5.41, 5.74) is 5.95. The van der Waals surface area contributed by atoms with E-state index in [0.717, 1.165) is 33.4 Å². The average Bonchev–Trinajstić information content (AvgIpc) is 3.33. The summed E-state index contributed by atoms with van der Waals surface area (Å²) in [7, 11) is 0. The summed E-state index contributed by atoms with van der Waals surface area (Å²) in [6.07, 6.45) is -1.67. The van der Waals surface area contributed by atoms with E-state index in [2.05, 4.69) is 6.07 Å². The van der Waals surface area contributed by atoms with Crippen molar-refractivity contribution >= 4 is 5.97 Å². The zero-order valence-electron chi connectivity index (χ0n) is 23.0. The fourth-order valence-electron chi connectivity index (χ4n) is 5.46. The highest BCUT2D eigenvalue weighted by Crippen LogP contribution is 2.39. The van der Waals surface area contributed by atoms with E-state index in [1.165, 1.54) is 0 Å². The summed E-state index contributed by atoms with van der Waals surface area (Å²) in [5.74, 6) is 0.904. The van der Waals surface area contributed by atoms with Gasteiger partial charge in [0, 0.05) is 29.5 Å². The standard InChI is InChI=1S/C32H33NO8/c1-18-7-24(39-16-25-11-28(34)29(35)17-40-25)8-19(2)32(18)27-9-20(3-4-21(27)13-33)14-38-23-5-6-26-22(10-31(36)37)15-41-30(26)12-23/h3-9,12,22,25,28-29,34-35H,10-11,14-17H2,1-2H3,(H,36,37)/t22?,25-,28-,29+/m0/s1. The molecule has 2 aliphatic heterocycles. The third-order valence-corrected chi connectivity index (χ3v) is 7.56. The van der Waals surface area contributed by atoms with Crippen LogP contribution in [0.3, 0.4) is 0 Å². The number of ether oxygens (including phenoxy) is 4. The largest absolute Gasteiger partial charge is 0.492 e. The Bertz CT molecular complexity index is 1460. The van der Waals surface area contributed by atoms with Gasteiger partial charge in [-0.25, -0.2) is 0 Å². The molecule has 3 aromatic rings. The van der Waals surface area contributed by atoms with Crippen molar-refractivity contribution in [3.05, 3.63) is 76.3 Å². The van der Waals surface area contributed by atoms with E-state index in [4.69, 9.17) is 24.1 Å². The van der Waals surface area contributed by atoms with Crippen LogP contribution in [0.4, 0.5) is 0 Å². The molecule has 2 aliphatic rings. The molecule has 2 heterocycles. The second kappa shape index (κ2) is 12.2. The molecule has 0 aliphatic carbocycles. The smallest absolute Gasteiger partial charge is 0.304 e. The van der Waals surface area contributed by atoms with Crippen LogP contribution in [0.1, 0.15) is 46.6 Å². The molecule has 0 spiro atoms. The van der Waals surface area contributed by atoms with Gasteiger partial charge in [-0.3, -0.25) is 4.79 Å². The van der Waals surface area contributed by atoms with Gasteiger partial charge >= 0.3 is 5.97 Å². The zero-order valence-corrected chi connectivity index (χ0v) is 23.0. The Kier molecular flexibility index (Phi) is 8.45. The minimum Gasteiger partial charge on any atom is -0.492 e. The second-order valence-electron chi connectivity index (χ2n) is 10.7. The van der Waals surface area contributed by atoms with Crippen molar-refractivity contribution in [1.82, 2.24) is 0 Å². The number of benzene rings is 3. The molecule has 0 aromatic heterocycles. The highest BCUT2D eigenvalue weighted by atomic mass is 16.5. The fraction of sp³-hybridized carbons (Fsp3) is 0.375. The lowest BCUT2D eigenvalue weighted by atomic mass is 9.91. The van der Waals surface area contributed by atoms with Gasteiger partial charge in [0.1, 0.15) is 36.6 Å². The van der Waals surface area contributed by atoms with Crippen molar-refractivity contribution in [2.75, 3.05) is 19.8 Å². The first-order valence-electron chi connectivity index (χ1n) is 13.6. The number of rotatable bonds is 9. The molecule has 5 rings (SSSR count). The third-order valence-electron chi connectivity index (χ3n) is 7.56. The van der Waals surface area contributed by atoms with Crippen molar-refractivity contribution in [3.8, 4) is 34.4 Å². The van der Waals surface area contributed by atoms with E-state index in [0.29, 0.717) is 35.8 Å². The minimum atomic E-state index is -0.869. The first-order chi connectivity index (χ1) is 19.7. The highest BCUT2D eigenvalue weighted by Gasteiger charge is 2.29. The Morgan fingerprint density at radius 2 is 1.78 bits per heavy atom. The number of nitrogens with zero attached hydrogens (tertiary/aromatic N) is 1. The molecule has 0 saturated carbocycles. The van der Waals surface area contributed by atoms with E-state index < -0.39 is 18.2 Å². The molecule has 214 valence electrons. The molecule has 4 atom stereocenters. The fourth-order valence-corrected chi connectivity index (χ4v) is 5.46. The number of hydrogen-bond acceptors (Lipinski definition) is 8. The molecular weight excluding hydrogens is 526 g/mol. The van der Waals surface area contributed by atoms with Gasteiger partial charge in [0.25, 0.3) is 0 Å². The number of aryl methyl sites for hydroxylation is 2.